The standard InChI is InChI=1S/C22H22N4O2/c1-16-5-2-3-7-20(16)28-21-8-4-6-18(25-21)17-9-13-26(14-10-17)22(27)19-15-23-11-12-24-19/h2-8,11-12,15,17H,9-10,13-14H2,1H3. The number of amides is 1. The Balaban J connectivity index is 1.41. The fraction of sp³-hybridized carbons (Fsp3) is 0.273. The summed E-state index contributed by atoms with van der Waals surface area (Å²) in [5.41, 5.74) is 2.48. The maximum Gasteiger partial charge on any atom is 0.274 e. The highest BCUT2D eigenvalue weighted by atomic mass is 16.5. The lowest BCUT2D eigenvalue weighted by molar-refractivity contribution is 0.0705. The van der Waals surface area contributed by atoms with Crippen molar-refractivity contribution in [1.29, 1.82) is 0 Å². The van der Waals surface area contributed by atoms with Crippen molar-refractivity contribution in [2.45, 2.75) is 25.7 Å². The van der Waals surface area contributed by atoms with Gasteiger partial charge in [-0.15, -0.1) is 0 Å². The van der Waals surface area contributed by atoms with Gasteiger partial charge in [0, 0.05) is 43.2 Å². The van der Waals surface area contributed by atoms with Crippen LogP contribution in [0.25, 0.3) is 0 Å². The molecule has 0 radical (unpaired) electrons. The van der Waals surface area contributed by atoms with Gasteiger partial charge in [0.15, 0.2) is 0 Å². The van der Waals surface area contributed by atoms with E-state index in [1.807, 2.05) is 54.3 Å². The van der Waals surface area contributed by atoms with Gasteiger partial charge >= 0.3 is 0 Å². The van der Waals surface area contributed by atoms with Crippen LogP contribution in [-0.4, -0.2) is 38.8 Å². The number of piperidine rings is 1. The van der Waals surface area contributed by atoms with Crippen molar-refractivity contribution in [3.05, 3.63) is 78.0 Å². The second kappa shape index (κ2) is 8.17. The molecule has 1 aliphatic heterocycles. The van der Waals surface area contributed by atoms with E-state index in [1.165, 1.54) is 6.20 Å². The van der Waals surface area contributed by atoms with E-state index < -0.39 is 0 Å². The van der Waals surface area contributed by atoms with E-state index in [9.17, 15) is 4.79 Å². The SMILES string of the molecule is Cc1ccccc1Oc1cccc(C2CCN(C(=O)c3cnccn3)CC2)n1. The quantitative estimate of drug-likeness (QED) is 0.691. The van der Waals surface area contributed by atoms with E-state index >= 15 is 0 Å². The molecule has 6 nitrogen and oxygen atoms in total. The van der Waals surface area contributed by atoms with E-state index in [0.29, 0.717) is 30.6 Å². The van der Waals surface area contributed by atoms with Gasteiger partial charge < -0.3 is 9.64 Å². The van der Waals surface area contributed by atoms with Gasteiger partial charge in [-0.1, -0.05) is 24.3 Å². The van der Waals surface area contributed by atoms with Crippen LogP contribution in [0.2, 0.25) is 0 Å². The highest BCUT2D eigenvalue weighted by Crippen LogP contribution is 2.30. The normalized spacial score (nSPS) is 14.7. The van der Waals surface area contributed by atoms with Crippen molar-refractivity contribution < 1.29 is 9.53 Å². The van der Waals surface area contributed by atoms with Crippen LogP contribution < -0.4 is 4.74 Å². The summed E-state index contributed by atoms with van der Waals surface area (Å²) < 4.78 is 5.97. The number of carbonyl (C=O) groups is 1. The number of aromatic nitrogens is 3. The number of likely N-dealkylation sites (tertiary alicyclic amines) is 1. The van der Waals surface area contributed by atoms with Gasteiger partial charge in [0.2, 0.25) is 5.88 Å². The molecule has 1 aromatic carbocycles. The number of ether oxygens (including phenoxy) is 1. The lowest BCUT2D eigenvalue weighted by Crippen LogP contribution is -2.38. The van der Waals surface area contributed by atoms with E-state index in [0.717, 1.165) is 29.8 Å². The lowest BCUT2D eigenvalue weighted by Gasteiger charge is -2.31. The molecular formula is C22H22N4O2. The first-order valence-electron chi connectivity index (χ1n) is 9.46. The molecule has 0 aliphatic carbocycles. The first kappa shape index (κ1) is 18.1. The third-order valence-corrected chi connectivity index (χ3v) is 5.04. The zero-order valence-electron chi connectivity index (χ0n) is 15.8. The molecule has 1 amide bonds. The highest BCUT2D eigenvalue weighted by molar-refractivity contribution is 5.92. The lowest BCUT2D eigenvalue weighted by atomic mass is 9.93. The number of para-hydroxylation sites is 1. The zero-order valence-corrected chi connectivity index (χ0v) is 15.8. The van der Waals surface area contributed by atoms with Gasteiger partial charge in [-0.25, -0.2) is 9.97 Å². The molecule has 0 saturated carbocycles. The maximum atomic E-state index is 12.5. The molecule has 1 aliphatic rings. The molecule has 4 rings (SSSR count). The number of carbonyl (C=O) groups excluding carboxylic acids is 1. The summed E-state index contributed by atoms with van der Waals surface area (Å²) in [6.07, 6.45) is 6.37. The molecule has 1 fully saturated rings. The third kappa shape index (κ3) is 4.01. The molecule has 0 atom stereocenters. The number of rotatable bonds is 4. The molecule has 0 unspecified atom stereocenters. The van der Waals surface area contributed by atoms with Gasteiger partial charge in [-0.2, -0.15) is 0 Å². The average Bonchev–Trinajstić information content (AvgIpc) is 2.76. The van der Waals surface area contributed by atoms with E-state index in [1.54, 1.807) is 12.4 Å². The molecule has 1 saturated heterocycles. The van der Waals surface area contributed by atoms with Crippen molar-refractivity contribution in [2.24, 2.45) is 0 Å². The molecular weight excluding hydrogens is 352 g/mol. The Labute approximate surface area is 164 Å². The molecule has 28 heavy (non-hydrogen) atoms. The molecule has 3 heterocycles. The smallest absolute Gasteiger partial charge is 0.274 e. The molecule has 0 N–H and O–H groups in total. The van der Waals surface area contributed by atoms with Gasteiger partial charge in [0.1, 0.15) is 11.4 Å². The molecule has 142 valence electrons. The van der Waals surface area contributed by atoms with Crippen LogP contribution >= 0.6 is 0 Å². The molecule has 0 bridgehead atoms. The number of benzene rings is 1. The van der Waals surface area contributed by atoms with Crippen molar-refractivity contribution in [2.75, 3.05) is 13.1 Å². The summed E-state index contributed by atoms with van der Waals surface area (Å²) in [4.78, 5) is 27.2. The van der Waals surface area contributed by atoms with Crippen molar-refractivity contribution >= 4 is 5.91 Å². The fourth-order valence-corrected chi connectivity index (χ4v) is 3.45. The first-order valence-corrected chi connectivity index (χ1v) is 9.46. The summed E-state index contributed by atoms with van der Waals surface area (Å²) in [5.74, 6) is 1.67. The molecule has 6 heteroatoms. The van der Waals surface area contributed by atoms with Gasteiger partial charge in [-0.3, -0.25) is 9.78 Å². The highest BCUT2D eigenvalue weighted by Gasteiger charge is 2.26. The minimum atomic E-state index is -0.0591. The monoisotopic (exact) mass is 374 g/mol. The Hall–Kier alpha value is -3.28. The Morgan fingerprint density at radius 2 is 1.89 bits per heavy atom. The van der Waals surface area contributed by atoms with Gasteiger partial charge in [0.05, 0.1) is 6.20 Å². The Bertz CT molecular complexity index is 954. The van der Waals surface area contributed by atoms with Crippen LogP contribution in [0.1, 0.15) is 40.5 Å². The number of nitrogens with zero attached hydrogens (tertiary/aromatic N) is 4. The van der Waals surface area contributed by atoms with Crippen molar-refractivity contribution in [1.82, 2.24) is 19.9 Å². The van der Waals surface area contributed by atoms with Crippen LogP contribution in [0.15, 0.2) is 61.1 Å². The fourth-order valence-electron chi connectivity index (χ4n) is 3.45. The van der Waals surface area contributed by atoms with Crippen molar-refractivity contribution in [3.8, 4) is 11.6 Å². The minimum absolute atomic E-state index is 0.0591. The van der Waals surface area contributed by atoms with Crippen LogP contribution in [0.5, 0.6) is 11.6 Å². The maximum absolute atomic E-state index is 12.5. The Kier molecular flexibility index (Phi) is 5.28. The predicted octanol–water partition coefficient (Wildman–Crippen LogP) is 3.99. The topological polar surface area (TPSA) is 68.2 Å². The number of hydrogen-bond donors (Lipinski definition) is 0. The summed E-state index contributed by atoms with van der Waals surface area (Å²) >= 11 is 0. The van der Waals surface area contributed by atoms with Gasteiger partial charge in [0.25, 0.3) is 5.91 Å². The minimum Gasteiger partial charge on any atom is -0.439 e. The predicted molar refractivity (Wildman–Crippen MR) is 105 cm³/mol. The number of aryl methyl sites for hydroxylation is 1. The Morgan fingerprint density at radius 3 is 2.64 bits per heavy atom. The summed E-state index contributed by atoms with van der Waals surface area (Å²) in [7, 11) is 0. The summed E-state index contributed by atoms with van der Waals surface area (Å²) in [6.45, 7) is 3.39. The van der Waals surface area contributed by atoms with Crippen LogP contribution in [0.3, 0.4) is 0 Å². The van der Waals surface area contributed by atoms with Crippen molar-refractivity contribution in [3.63, 3.8) is 0 Å². The third-order valence-electron chi connectivity index (χ3n) is 5.04. The summed E-state index contributed by atoms with van der Waals surface area (Å²) in [6, 6.07) is 13.8. The van der Waals surface area contributed by atoms with E-state index in [2.05, 4.69) is 9.97 Å². The van der Waals surface area contributed by atoms with Crippen LogP contribution in [0.4, 0.5) is 0 Å². The van der Waals surface area contributed by atoms with Crippen LogP contribution in [0, 0.1) is 6.92 Å². The number of pyridine rings is 1. The summed E-state index contributed by atoms with van der Waals surface area (Å²) in [5, 5.41) is 0. The van der Waals surface area contributed by atoms with E-state index in [4.69, 9.17) is 9.72 Å². The first-order chi connectivity index (χ1) is 13.7. The average molecular weight is 374 g/mol. The second-order valence-electron chi connectivity index (χ2n) is 6.93. The molecule has 3 aromatic rings. The Morgan fingerprint density at radius 1 is 1.07 bits per heavy atom. The van der Waals surface area contributed by atoms with Gasteiger partial charge in [-0.05, 0) is 37.5 Å². The van der Waals surface area contributed by atoms with Crippen LogP contribution in [-0.2, 0) is 0 Å². The second-order valence-corrected chi connectivity index (χ2v) is 6.93. The molecule has 0 spiro atoms. The number of hydrogen-bond acceptors (Lipinski definition) is 5. The largest absolute Gasteiger partial charge is 0.439 e. The van der Waals surface area contributed by atoms with E-state index in [-0.39, 0.29) is 5.91 Å². The zero-order chi connectivity index (χ0) is 19.3. The molecule has 2 aromatic heterocycles.